The number of rotatable bonds is 6. The molecule has 2 aromatic carbocycles. The zero-order valence-corrected chi connectivity index (χ0v) is 17.0. The van der Waals surface area contributed by atoms with Gasteiger partial charge in [-0.15, -0.1) is 0 Å². The highest BCUT2D eigenvalue weighted by molar-refractivity contribution is 5.81. The van der Waals surface area contributed by atoms with E-state index in [1.807, 2.05) is 6.07 Å². The summed E-state index contributed by atoms with van der Waals surface area (Å²) in [5, 5.41) is 5.11. The van der Waals surface area contributed by atoms with Crippen LogP contribution in [0.3, 0.4) is 0 Å². The molecule has 28 heavy (non-hydrogen) atoms. The Kier molecular flexibility index (Phi) is 5.23. The number of fused-ring (bicyclic) bond motifs is 1. The van der Waals surface area contributed by atoms with Crippen molar-refractivity contribution in [3.8, 4) is 5.75 Å². The standard InChI is InChI=1S/C24H29N3O/c1-27(2)23-19(16-18-8-4-5-9-22(18)26-23)17-25-24(14-6-7-15-24)20-10-12-21(28-3)13-11-20/h4-5,8-13,16,25H,6-7,14-15,17H2,1-3H3. The Bertz CT molecular complexity index is 944. The van der Waals surface area contributed by atoms with Crippen molar-refractivity contribution in [2.75, 3.05) is 26.1 Å². The quantitative estimate of drug-likeness (QED) is 0.667. The van der Waals surface area contributed by atoms with Gasteiger partial charge in [-0.25, -0.2) is 4.98 Å². The molecule has 146 valence electrons. The number of benzene rings is 2. The summed E-state index contributed by atoms with van der Waals surface area (Å²) >= 11 is 0. The number of methoxy groups -OCH3 is 1. The van der Waals surface area contributed by atoms with Gasteiger partial charge in [0.15, 0.2) is 0 Å². The maximum absolute atomic E-state index is 5.34. The Morgan fingerprint density at radius 2 is 1.75 bits per heavy atom. The van der Waals surface area contributed by atoms with E-state index >= 15 is 0 Å². The van der Waals surface area contributed by atoms with E-state index in [9.17, 15) is 0 Å². The zero-order valence-electron chi connectivity index (χ0n) is 17.0. The molecule has 0 spiro atoms. The molecule has 1 N–H and O–H groups in total. The van der Waals surface area contributed by atoms with Gasteiger partial charge in [-0.3, -0.25) is 0 Å². The van der Waals surface area contributed by atoms with Crippen LogP contribution >= 0.6 is 0 Å². The summed E-state index contributed by atoms with van der Waals surface area (Å²) < 4.78 is 5.34. The van der Waals surface area contributed by atoms with Gasteiger partial charge in [-0.05, 0) is 42.7 Å². The predicted molar refractivity (Wildman–Crippen MR) is 116 cm³/mol. The Hall–Kier alpha value is -2.59. The number of nitrogens with zero attached hydrogens (tertiary/aromatic N) is 2. The maximum Gasteiger partial charge on any atom is 0.133 e. The van der Waals surface area contributed by atoms with Crippen LogP contribution in [0.15, 0.2) is 54.6 Å². The number of pyridine rings is 1. The van der Waals surface area contributed by atoms with Gasteiger partial charge in [0.1, 0.15) is 11.6 Å². The molecule has 0 unspecified atom stereocenters. The van der Waals surface area contributed by atoms with Gasteiger partial charge < -0.3 is 15.0 Å². The Balaban J connectivity index is 1.65. The van der Waals surface area contributed by atoms with E-state index in [-0.39, 0.29) is 5.54 Å². The minimum Gasteiger partial charge on any atom is -0.497 e. The first-order valence-corrected chi connectivity index (χ1v) is 10.1. The average molecular weight is 376 g/mol. The van der Waals surface area contributed by atoms with Crippen molar-refractivity contribution in [1.82, 2.24) is 10.3 Å². The summed E-state index contributed by atoms with van der Waals surface area (Å²) in [5.74, 6) is 1.94. The molecule has 1 saturated carbocycles. The molecule has 1 aliphatic rings. The van der Waals surface area contributed by atoms with Crippen LogP contribution in [0.1, 0.15) is 36.8 Å². The second-order valence-electron chi connectivity index (χ2n) is 7.93. The van der Waals surface area contributed by atoms with Crippen LogP contribution in [0.5, 0.6) is 5.75 Å². The lowest BCUT2D eigenvalue weighted by Crippen LogP contribution is -2.39. The van der Waals surface area contributed by atoms with Crippen molar-refractivity contribution in [1.29, 1.82) is 0 Å². The van der Waals surface area contributed by atoms with E-state index in [1.54, 1.807) is 7.11 Å². The van der Waals surface area contributed by atoms with Gasteiger partial charge in [-0.1, -0.05) is 43.2 Å². The van der Waals surface area contributed by atoms with E-state index in [0.29, 0.717) is 0 Å². The van der Waals surface area contributed by atoms with Crippen LogP contribution < -0.4 is 15.0 Å². The minimum atomic E-state index is 0.0293. The van der Waals surface area contributed by atoms with Gasteiger partial charge in [0.2, 0.25) is 0 Å². The molecule has 0 atom stereocenters. The van der Waals surface area contributed by atoms with E-state index in [1.165, 1.54) is 29.4 Å². The fourth-order valence-electron chi connectivity index (χ4n) is 4.39. The number of para-hydroxylation sites is 1. The molecule has 1 aromatic heterocycles. The third-order valence-corrected chi connectivity index (χ3v) is 5.92. The number of hydrogen-bond acceptors (Lipinski definition) is 4. The van der Waals surface area contributed by atoms with Crippen molar-refractivity contribution in [2.24, 2.45) is 0 Å². The molecule has 1 fully saturated rings. The van der Waals surface area contributed by atoms with Crippen molar-refractivity contribution in [2.45, 2.75) is 37.8 Å². The number of hydrogen-bond donors (Lipinski definition) is 1. The van der Waals surface area contributed by atoms with E-state index in [2.05, 4.69) is 72.8 Å². The number of aromatic nitrogens is 1. The van der Waals surface area contributed by atoms with Crippen LogP contribution in [0.4, 0.5) is 5.82 Å². The van der Waals surface area contributed by atoms with Gasteiger partial charge >= 0.3 is 0 Å². The third-order valence-electron chi connectivity index (χ3n) is 5.92. The lowest BCUT2D eigenvalue weighted by molar-refractivity contribution is 0.338. The lowest BCUT2D eigenvalue weighted by Gasteiger charge is -2.32. The molecule has 0 amide bonds. The van der Waals surface area contributed by atoms with Gasteiger partial charge in [-0.2, -0.15) is 0 Å². The molecule has 1 aliphatic carbocycles. The summed E-state index contributed by atoms with van der Waals surface area (Å²) in [5.41, 5.74) is 3.66. The first-order valence-electron chi connectivity index (χ1n) is 10.1. The second-order valence-corrected chi connectivity index (χ2v) is 7.93. The highest BCUT2D eigenvalue weighted by Gasteiger charge is 2.35. The first-order chi connectivity index (χ1) is 13.6. The monoisotopic (exact) mass is 375 g/mol. The molecule has 4 heteroatoms. The Morgan fingerprint density at radius 3 is 2.43 bits per heavy atom. The SMILES string of the molecule is COc1ccc(C2(NCc3cc4ccccc4nc3N(C)C)CCCC2)cc1. The van der Waals surface area contributed by atoms with Gasteiger partial charge in [0.25, 0.3) is 0 Å². The fourth-order valence-corrected chi connectivity index (χ4v) is 4.39. The topological polar surface area (TPSA) is 37.4 Å². The molecular weight excluding hydrogens is 346 g/mol. The Labute approximate surface area is 167 Å². The number of anilines is 1. The molecule has 4 nitrogen and oxygen atoms in total. The molecule has 3 aromatic rings. The molecule has 0 aliphatic heterocycles. The lowest BCUT2D eigenvalue weighted by atomic mass is 9.87. The van der Waals surface area contributed by atoms with Crippen LogP contribution in [-0.4, -0.2) is 26.2 Å². The van der Waals surface area contributed by atoms with Crippen LogP contribution in [-0.2, 0) is 12.1 Å². The van der Waals surface area contributed by atoms with Crippen LogP contribution in [0.2, 0.25) is 0 Å². The van der Waals surface area contributed by atoms with Gasteiger partial charge in [0, 0.05) is 37.1 Å². The average Bonchev–Trinajstić information content (AvgIpc) is 3.21. The van der Waals surface area contributed by atoms with E-state index in [0.717, 1.165) is 36.5 Å². The largest absolute Gasteiger partial charge is 0.497 e. The third kappa shape index (κ3) is 3.57. The summed E-state index contributed by atoms with van der Waals surface area (Å²) in [4.78, 5) is 7.02. The summed E-state index contributed by atoms with van der Waals surface area (Å²) in [6, 6.07) is 19.2. The predicted octanol–water partition coefficient (Wildman–Crippen LogP) is 4.87. The van der Waals surface area contributed by atoms with Crippen LogP contribution in [0, 0.1) is 0 Å². The number of nitrogens with one attached hydrogen (secondary N) is 1. The van der Waals surface area contributed by atoms with Crippen molar-refractivity contribution in [3.63, 3.8) is 0 Å². The molecular formula is C24H29N3O. The second kappa shape index (κ2) is 7.80. The summed E-state index contributed by atoms with van der Waals surface area (Å²) in [6.07, 6.45) is 4.85. The molecule has 1 heterocycles. The smallest absolute Gasteiger partial charge is 0.133 e. The van der Waals surface area contributed by atoms with Crippen molar-refractivity contribution < 1.29 is 4.74 Å². The molecule has 0 radical (unpaired) electrons. The van der Waals surface area contributed by atoms with Crippen LogP contribution in [0.25, 0.3) is 10.9 Å². The summed E-state index contributed by atoms with van der Waals surface area (Å²) in [6.45, 7) is 0.803. The Morgan fingerprint density at radius 1 is 1.04 bits per heavy atom. The first kappa shape index (κ1) is 18.8. The van der Waals surface area contributed by atoms with E-state index in [4.69, 9.17) is 9.72 Å². The minimum absolute atomic E-state index is 0.0293. The molecule has 4 rings (SSSR count). The normalized spacial score (nSPS) is 15.7. The van der Waals surface area contributed by atoms with Crippen molar-refractivity contribution in [3.05, 3.63) is 65.7 Å². The summed E-state index contributed by atoms with van der Waals surface area (Å²) in [7, 11) is 5.85. The zero-order chi connectivity index (χ0) is 19.6. The maximum atomic E-state index is 5.34. The highest BCUT2D eigenvalue weighted by Crippen LogP contribution is 2.40. The number of ether oxygens (including phenoxy) is 1. The highest BCUT2D eigenvalue weighted by atomic mass is 16.5. The van der Waals surface area contributed by atoms with E-state index < -0.39 is 0 Å². The fraction of sp³-hybridized carbons (Fsp3) is 0.375. The van der Waals surface area contributed by atoms with Crippen molar-refractivity contribution >= 4 is 16.7 Å². The molecule has 0 saturated heterocycles. The van der Waals surface area contributed by atoms with Gasteiger partial charge in [0.05, 0.1) is 12.6 Å². The molecule has 0 bridgehead atoms.